The van der Waals surface area contributed by atoms with Gasteiger partial charge in [-0.25, -0.2) is 4.79 Å². The van der Waals surface area contributed by atoms with E-state index in [0.29, 0.717) is 5.56 Å². The van der Waals surface area contributed by atoms with Gasteiger partial charge in [-0.15, -0.1) is 0 Å². The Morgan fingerprint density at radius 1 is 1.20 bits per heavy atom. The van der Waals surface area contributed by atoms with E-state index in [0.717, 1.165) is 36.4 Å². The zero-order chi connectivity index (χ0) is 13.9. The fraction of sp³-hybridized carbons (Fsp3) is 0.588. The lowest BCUT2D eigenvalue weighted by atomic mass is 9.86. The van der Waals surface area contributed by atoms with E-state index in [1.807, 2.05) is 12.1 Å². The molecule has 0 spiro atoms. The minimum Gasteiger partial charge on any atom is -0.478 e. The van der Waals surface area contributed by atoms with E-state index in [9.17, 15) is 4.79 Å². The molecule has 3 heteroatoms. The topological polar surface area (TPSA) is 49.3 Å². The number of benzene rings is 1. The number of rotatable bonds is 6. The predicted molar refractivity (Wildman–Crippen MR) is 78.7 cm³/mol. The summed E-state index contributed by atoms with van der Waals surface area (Å²) in [6, 6.07) is 7.15. The molecular formula is C17H23NO2. The largest absolute Gasteiger partial charge is 0.478 e. The van der Waals surface area contributed by atoms with E-state index in [1.165, 1.54) is 32.1 Å². The van der Waals surface area contributed by atoms with E-state index in [1.54, 1.807) is 12.1 Å². The fourth-order valence-electron chi connectivity index (χ4n) is 4.02. The van der Waals surface area contributed by atoms with Gasteiger partial charge in [0.05, 0.1) is 5.56 Å². The number of carboxylic acid groups (broad SMARTS) is 1. The van der Waals surface area contributed by atoms with Gasteiger partial charge in [-0.05, 0) is 67.7 Å². The second kappa shape index (κ2) is 5.96. The van der Waals surface area contributed by atoms with Gasteiger partial charge < -0.3 is 10.4 Å². The van der Waals surface area contributed by atoms with Gasteiger partial charge in [0.15, 0.2) is 0 Å². The van der Waals surface area contributed by atoms with Gasteiger partial charge in [-0.1, -0.05) is 18.6 Å². The monoisotopic (exact) mass is 273 g/mol. The molecule has 2 fully saturated rings. The van der Waals surface area contributed by atoms with Crippen molar-refractivity contribution in [3.05, 3.63) is 35.4 Å². The zero-order valence-corrected chi connectivity index (χ0v) is 11.8. The van der Waals surface area contributed by atoms with Crippen LogP contribution < -0.4 is 5.32 Å². The molecule has 2 bridgehead atoms. The molecular weight excluding hydrogens is 250 g/mol. The van der Waals surface area contributed by atoms with Crippen molar-refractivity contribution in [2.75, 3.05) is 6.54 Å². The summed E-state index contributed by atoms with van der Waals surface area (Å²) in [6.45, 7) is 1.91. The molecule has 3 rings (SSSR count). The van der Waals surface area contributed by atoms with Crippen LogP contribution in [0.3, 0.4) is 0 Å². The highest BCUT2D eigenvalue weighted by atomic mass is 16.4. The third-order valence-corrected chi connectivity index (χ3v) is 5.11. The second-order valence-electron chi connectivity index (χ2n) is 6.40. The molecule has 0 radical (unpaired) electrons. The maximum absolute atomic E-state index is 10.8. The van der Waals surface area contributed by atoms with Gasteiger partial charge in [0.2, 0.25) is 0 Å². The van der Waals surface area contributed by atoms with E-state index < -0.39 is 5.97 Å². The van der Waals surface area contributed by atoms with Crippen molar-refractivity contribution >= 4 is 5.97 Å². The third-order valence-electron chi connectivity index (χ3n) is 5.11. The number of fused-ring (bicyclic) bond motifs is 2. The van der Waals surface area contributed by atoms with Crippen LogP contribution in [0.2, 0.25) is 0 Å². The Kier molecular flexibility index (Phi) is 4.06. The summed E-state index contributed by atoms with van der Waals surface area (Å²) in [5.74, 6) is 2.14. The number of nitrogens with one attached hydrogen (secondary N) is 1. The quantitative estimate of drug-likeness (QED) is 0.782. The zero-order valence-electron chi connectivity index (χ0n) is 11.8. The molecule has 0 aliphatic heterocycles. The smallest absolute Gasteiger partial charge is 0.335 e. The molecule has 0 amide bonds. The van der Waals surface area contributed by atoms with Gasteiger partial charge in [0, 0.05) is 6.54 Å². The molecule has 3 unspecified atom stereocenters. The van der Waals surface area contributed by atoms with Crippen molar-refractivity contribution in [3.8, 4) is 0 Å². The number of carboxylic acids is 1. The predicted octanol–water partition coefficient (Wildman–Crippen LogP) is 3.30. The summed E-state index contributed by atoms with van der Waals surface area (Å²) < 4.78 is 0. The van der Waals surface area contributed by atoms with Gasteiger partial charge in [0.1, 0.15) is 0 Å². The molecule has 2 saturated carbocycles. The molecule has 2 N–H and O–H groups in total. The van der Waals surface area contributed by atoms with Crippen molar-refractivity contribution in [1.29, 1.82) is 0 Å². The van der Waals surface area contributed by atoms with Crippen molar-refractivity contribution in [2.45, 2.75) is 38.6 Å². The normalized spacial score (nSPS) is 27.9. The van der Waals surface area contributed by atoms with E-state index >= 15 is 0 Å². The summed E-state index contributed by atoms with van der Waals surface area (Å²) in [4.78, 5) is 10.8. The van der Waals surface area contributed by atoms with Crippen LogP contribution >= 0.6 is 0 Å². The second-order valence-corrected chi connectivity index (χ2v) is 6.40. The highest BCUT2D eigenvalue weighted by Crippen LogP contribution is 2.49. The molecule has 0 saturated heterocycles. The summed E-state index contributed by atoms with van der Waals surface area (Å²) in [7, 11) is 0. The van der Waals surface area contributed by atoms with Crippen molar-refractivity contribution < 1.29 is 9.90 Å². The minimum absolute atomic E-state index is 0.357. The van der Waals surface area contributed by atoms with Crippen LogP contribution in [0.1, 0.15) is 48.0 Å². The summed E-state index contributed by atoms with van der Waals surface area (Å²) in [5, 5.41) is 12.3. The first-order valence-corrected chi connectivity index (χ1v) is 7.75. The molecule has 20 heavy (non-hydrogen) atoms. The van der Waals surface area contributed by atoms with E-state index in [4.69, 9.17) is 5.11 Å². The Balaban J connectivity index is 1.38. The molecule has 3 atom stereocenters. The summed E-state index contributed by atoms with van der Waals surface area (Å²) in [6.07, 6.45) is 7.19. The van der Waals surface area contributed by atoms with Gasteiger partial charge in [-0.2, -0.15) is 0 Å². The van der Waals surface area contributed by atoms with Crippen LogP contribution in [0.4, 0.5) is 0 Å². The number of hydrogen-bond acceptors (Lipinski definition) is 2. The van der Waals surface area contributed by atoms with Crippen LogP contribution in [0.15, 0.2) is 24.3 Å². The highest BCUT2D eigenvalue weighted by Gasteiger charge is 2.38. The molecule has 1 aromatic rings. The number of carbonyl (C=O) groups is 1. The Morgan fingerprint density at radius 2 is 2.00 bits per heavy atom. The Labute approximate surface area is 120 Å². The lowest BCUT2D eigenvalue weighted by molar-refractivity contribution is 0.0697. The Bertz CT molecular complexity index is 468. The van der Waals surface area contributed by atoms with E-state index in [-0.39, 0.29) is 0 Å². The van der Waals surface area contributed by atoms with Crippen molar-refractivity contribution in [3.63, 3.8) is 0 Å². The van der Waals surface area contributed by atoms with Crippen LogP contribution in [0.25, 0.3) is 0 Å². The molecule has 108 valence electrons. The first-order chi connectivity index (χ1) is 9.72. The van der Waals surface area contributed by atoms with Gasteiger partial charge in [0.25, 0.3) is 0 Å². The van der Waals surface area contributed by atoms with Gasteiger partial charge >= 0.3 is 5.97 Å². The molecule has 0 aromatic heterocycles. The fourth-order valence-corrected chi connectivity index (χ4v) is 4.02. The maximum Gasteiger partial charge on any atom is 0.335 e. The maximum atomic E-state index is 10.8. The SMILES string of the molecule is O=C(O)c1ccc(CNCCC2CC3CCC2C3)cc1. The molecule has 2 aliphatic carbocycles. The lowest BCUT2D eigenvalue weighted by Crippen LogP contribution is -2.20. The summed E-state index contributed by atoms with van der Waals surface area (Å²) >= 11 is 0. The van der Waals surface area contributed by atoms with Crippen LogP contribution in [-0.4, -0.2) is 17.6 Å². The number of hydrogen-bond donors (Lipinski definition) is 2. The third kappa shape index (κ3) is 3.04. The van der Waals surface area contributed by atoms with Crippen molar-refractivity contribution in [1.82, 2.24) is 5.32 Å². The lowest BCUT2D eigenvalue weighted by Gasteiger charge is -2.21. The van der Waals surface area contributed by atoms with E-state index in [2.05, 4.69) is 5.32 Å². The molecule has 1 aromatic carbocycles. The Hall–Kier alpha value is -1.35. The van der Waals surface area contributed by atoms with Crippen LogP contribution in [0, 0.1) is 17.8 Å². The average Bonchev–Trinajstić information content (AvgIpc) is 3.06. The number of aromatic carboxylic acids is 1. The van der Waals surface area contributed by atoms with Crippen LogP contribution in [0.5, 0.6) is 0 Å². The molecule has 2 aliphatic rings. The average molecular weight is 273 g/mol. The van der Waals surface area contributed by atoms with Gasteiger partial charge in [-0.3, -0.25) is 0 Å². The molecule has 3 nitrogen and oxygen atoms in total. The summed E-state index contributed by atoms with van der Waals surface area (Å²) in [5.41, 5.74) is 1.51. The van der Waals surface area contributed by atoms with Crippen molar-refractivity contribution in [2.24, 2.45) is 17.8 Å². The first-order valence-electron chi connectivity index (χ1n) is 7.75. The first kappa shape index (κ1) is 13.6. The highest BCUT2D eigenvalue weighted by molar-refractivity contribution is 5.87. The Morgan fingerprint density at radius 3 is 2.60 bits per heavy atom. The standard InChI is InChI=1S/C17H23NO2/c19-17(20)14-4-1-12(2-5-14)11-18-8-7-16-10-13-3-6-15(16)9-13/h1-2,4-5,13,15-16,18H,3,6-11H2,(H,19,20). The molecule has 0 heterocycles. The minimum atomic E-state index is -0.860. The van der Waals surface area contributed by atoms with Crippen LogP contribution in [-0.2, 0) is 6.54 Å².